The van der Waals surface area contributed by atoms with Crippen LogP contribution < -0.4 is 16.8 Å². The van der Waals surface area contributed by atoms with E-state index >= 15 is 0 Å². The fraction of sp³-hybridized carbons (Fsp3) is 0.111. The summed E-state index contributed by atoms with van der Waals surface area (Å²) in [6.07, 6.45) is -4.48. The summed E-state index contributed by atoms with van der Waals surface area (Å²) in [7, 11) is 0. The first-order valence-electron chi connectivity index (χ1n) is 10.7. The third-order valence-corrected chi connectivity index (χ3v) is 5.33. The molecule has 0 saturated heterocycles. The minimum absolute atomic E-state index is 0.145. The second-order valence-corrected chi connectivity index (χ2v) is 7.54. The minimum atomic E-state index is -4.48. The van der Waals surface area contributed by atoms with E-state index in [-0.39, 0.29) is 5.56 Å². The van der Waals surface area contributed by atoms with Crippen LogP contribution in [0.5, 0.6) is 0 Å². The molecule has 1 unspecified atom stereocenters. The van der Waals surface area contributed by atoms with E-state index in [1.54, 1.807) is 60.0 Å². The van der Waals surface area contributed by atoms with E-state index in [1.165, 1.54) is 12.1 Å². The first kappa shape index (κ1) is 27.7. The summed E-state index contributed by atoms with van der Waals surface area (Å²) in [5, 5.41) is 3.21. The molecule has 6 nitrogen and oxygen atoms in total. The predicted octanol–water partition coefficient (Wildman–Crippen LogP) is 6.54. The molecule has 4 aromatic rings. The highest BCUT2D eigenvalue weighted by atomic mass is 19.4. The molecule has 0 spiro atoms. The number of nitrogens with zero attached hydrogens (tertiary/aromatic N) is 2. The van der Waals surface area contributed by atoms with Gasteiger partial charge < -0.3 is 26.1 Å². The first-order chi connectivity index (χ1) is 17.1. The Hall–Kier alpha value is -4.53. The van der Waals surface area contributed by atoms with E-state index in [0.29, 0.717) is 39.6 Å². The van der Waals surface area contributed by atoms with Crippen LogP contribution >= 0.6 is 0 Å². The van der Waals surface area contributed by atoms with Crippen molar-refractivity contribution >= 4 is 40.8 Å². The van der Waals surface area contributed by atoms with Crippen LogP contribution in [-0.4, -0.2) is 16.3 Å². The number of halogens is 3. The molecule has 0 bridgehead atoms. The van der Waals surface area contributed by atoms with E-state index < -0.39 is 17.8 Å². The summed E-state index contributed by atoms with van der Waals surface area (Å²) in [5.74, 6) is 0.397. The summed E-state index contributed by atoms with van der Waals surface area (Å²) in [6, 6.07) is 17.3. The molecular weight excluding hydrogens is 467 g/mol. The molecule has 0 radical (unpaired) electrons. The number of imidazole rings is 1. The largest absolute Gasteiger partial charge is 0.416 e. The van der Waals surface area contributed by atoms with Crippen LogP contribution in [0.3, 0.4) is 0 Å². The van der Waals surface area contributed by atoms with Crippen LogP contribution in [0.4, 0.5) is 30.5 Å². The number of alkyl halides is 3. The number of carbonyl (C=O) groups excluding carboxylic acids is 1. The van der Waals surface area contributed by atoms with E-state index in [9.17, 15) is 13.2 Å². The van der Waals surface area contributed by atoms with Crippen LogP contribution in [0, 0.1) is 0 Å². The second-order valence-electron chi connectivity index (χ2n) is 7.54. The average molecular weight is 496 g/mol. The molecule has 0 saturated carbocycles. The number of hydrogen-bond acceptors (Lipinski definition) is 5. The van der Waals surface area contributed by atoms with Gasteiger partial charge in [-0.15, -0.1) is 13.2 Å². The number of nitrogen functional groups attached to an aromatic ring is 1. The summed E-state index contributed by atoms with van der Waals surface area (Å²) < 4.78 is 42.9. The van der Waals surface area contributed by atoms with Crippen LogP contribution in [0.15, 0.2) is 86.5 Å². The molecular formula is C27H28F3N5O. The normalized spacial score (nSPS) is 11.4. The zero-order valence-electron chi connectivity index (χ0n) is 19.8. The zero-order valence-corrected chi connectivity index (χ0v) is 19.8. The lowest BCUT2D eigenvalue weighted by Gasteiger charge is -2.22. The third-order valence-electron chi connectivity index (χ3n) is 5.33. The number of nitrogens with one attached hydrogen (secondary N) is 1. The molecule has 0 amide bonds. The van der Waals surface area contributed by atoms with Crippen molar-refractivity contribution in [1.29, 1.82) is 0 Å². The maximum atomic E-state index is 13.7. The van der Waals surface area contributed by atoms with Gasteiger partial charge in [-0.2, -0.15) is 13.2 Å². The van der Waals surface area contributed by atoms with Crippen LogP contribution in [0.25, 0.3) is 16.7 Å². The molecule has 5 N–H and O–H groups in total. The van der Waals surface area contributed by atoms with Crippen molar-refractivity contribution in [3.05, 3.63) is 103 Å². The summed E-state index contributed by atoms with van der Waals surface area (Å²) in [4.78, 5) is 12.7. The molecule has 0 aliphatic rings. The minimum Gasteiger partial charge on any atom is -0.399 e. The number of carbonyl (C=O) groups is 1. The second kappa shape index (κ2) is 11.7. The lowest BCUT2D eigenvalue weighted by molar-refractivity contribution is -0.138. The van der Waals surface area contributed by atoms with Crippen LogP contribution in [-0.2, 0) is 11.0 Å². The van der Waals surface area contributed by atoms with Gasteiger partial charge in [-0.3, -0.25) is 0 Å². The quantitative estimate of drug-likeness (QED) is 0.216. The van der Waals surface area contributed by atoms with Gasteiger partial charge in [-0.25, -0.2) is 4.98 Å². The van der Waals surface area contributed by atoms with Crippen molar-refractivity contribution in [1.82, 2.24) is 9.55 Å². The average Bonchev–Trinajstić information content (AvgIpc) is 3.23. The fourth-order valence-corrected chi connectivity index (χ4v) is 3.73. The molecule has 0 fully saturated rings. The Morgan fingerprint density at radius 3 is 2.22 bits per heavy atom. The van der Waals surface area contributed by atoms with Crippen molar-refractivity contribution in [3.63, 3.8) is 0 Å². The highest BCUT2D eigenvalue weighted by molar-refractivity contribution is 5.84. The Labute approximate surface area is 207 Å². The topological polar surface area (TPSA) is 99.0 Å². The van der Waals surface area contributed by atoms with Gasteiger partial charge >= 0.3 is 6.18 Å². The van der Waals surface area contributed by atoms with Gasteiger partial charge in [0.25, 0.3) is 0 Å². The molecule has 0 aliphatic carbocycles. The Morgan fingerprint density at radius 2 is 1.64 bits per heavy atom. The highest BCUT2D eigenvalue weighted by Gasteiger charge is 2.35. The maximum Gasteiger partial charge on any atom is 0.416 e. The molecule has 1 atom stereocenters. The summed E-state index contributed by atoms with van der Waals surface area (Å²) in [6.45, 7) is 13.5. The van der Waals surface area contributed by atoms with Gasteiger partial charge in [0.15, 0.2) is 0 Å². The SMILES string of the molecule is C=C.C=C(N)c1ccc2c(c1)nc(Nc1ccc(N)cc1)n2C(C)c1ccccc1C(F)(F)F.C=O. The van der Waals surface area contributed by atoms with Crippen molar-refractivity contribution < 1.29 is 18.0 Å². The van der Waals surface area contributed by atoms with Crippen LogP contribution in [0.1, 0.15) is 29.7 Å². The number of aromatic nitrogens is 2. The van der Waals surface area contributed by atoms with Gasteiger partial charge in [0, 0.05) is 17.1 Å². The molecule has 0 aliphatic heterocycles. The zero-order chi connectivity index (χ0) is 27.0. The summed E-state index contributed by atoms with van der Waals surface area (Å²) in [5.41, 5.74) is 14.7. The predicted molar refractivity (Wildman–Crippen MR) is 141 cm³/mol. The van der Waals surface area contributed by atoms with Gasteiger partial charge in [0.05, 0.1) is 22.6 Å². The van der Waals surface area contributed by atoms with Crippen molar-refractivity contribution in [3.8, 4) is 0 Å². The lowest BCUT2D eigenvalue weighted by atomic mass is 10.0. The number of anilines is 3. The van der Waals surface area contributed by atoms with Crippen molar-refractivity contribution in [2.75, 3.05) is 11.1 Å². The lowest BCUT2D eigenvalue weighted by Crippen LogP contribution is -2.16. The Morgan fingerprint density at radius 1 is 1.03 bits per heavy atom. The fourth-order valence-electron chi connectivity index (χ4n) is 3.73. The number of hydrogen-bond donors (Lipinski definition) is 3. The van der Waals surface area contributed by atoms with E-state index in [4.69, 9.17) is 16.3 Å². The van der Waals surface area contributed by atoms with E-state index in [1.807, 2.05) is 6.79 Å². The third kappa shape index (κ3) is 5.93. The molecule has 1 aromatic heterocycles. The number of fused-ring (bicyclic) bond motifs is 1. The Bertz CT molecular complexity index is 1330. The standard InChI is InChI=1S/C24H22F3N5.C2H4.CH2O/c1-14(28)16-7-12-22-21(13-16)31-23(30-18-10-8-17(29)9-11-18)32(22)15(2)19-5-3-4-6-20(19)24(25,26)27;2*1-2/h3-13,15H,1,28-29H2,2H3,(H,30,31);1-2H2;1H2. The molecule has 188 valence electrons. The molecule has 4 rings (SSSR count). The Balaban J connectivity index is 0.00000109. The molecule has 1 heterocycles. The van der Waals surface area contributed by atoms with Gasteiger partial charge in [-0.05, 0) is 60.5 Å². The summed E-state index contributed by atoms with van der Waals surface area (Å²) >= 11 is 0. The highest BCUT2D eigenvalue weighted by Crippen LogP contribution is 2.38. The first-order valence-corrected chi connectivity index (χ1v) is 10.7. The van der Waals surface area contributed by atoms with Gasteiger partial charge in [0.2, 0.25) is 5.95 Å². The van der Waals surface area contributed by atoms with E-state index in [0.717, 1.165) is 6.07 Å². The van der Waals surface area contributed by atoms with E-state index in [2.05, 4.69) is 30.0 Å². The van der Waals surface area contributed by atoms with Crippen molar-refractivity contribution in [2.24, 2.45) is 5.73 Å². The van der Waals surface area contributed by atoms with Crippen molar-refractivity contribution in [2.45, 2.75) is 19.1 Å². The smallest absolute Gasteiger partial charge is 0.399 e. The molecule has 3 aromatic carbocycles. The number of benzene rings is 3. The van der Waals surface area contributed by atoms with Crippen LogP contribution in [0.2, 0.25) is 0 Å². The number of rotatable bonds is 5. The number of nitrogens with two attached hydrogens (primary N) is 2. The Kier molecular flexibility index (Phi) is 9.04. The maximum absolute atomic E-state index is 13.7. The molecule has 36 heavy (non-hydrogen) atoms. The molecule has 9 heteroatoms. The van der Waals surface area contributed by atoms with Gasteiger partial charge in [0.1, 0.15) is 6.79 Å². The monoisotopic (exact) mass is 495 g/mol. The van der Waals surface area contributed by atoms with Gasteiger partial charge in [-0.1, -0.05) is 30.8 Å².